The maximum absolute atomic E-state index is 6.04. The number of aromatic nitrogens is 4. The molecule has 0 radical (unpaired) electrons. The van der Waals surface area contributed by atoms with Crippen molar-refractivity contribution in [3.63, 3.8) is 0 Å². The molecule has 0 aliphatic carbocycles. The van der Waals surface area contributed by atoms with E-state index < -0.39 is 0 Å². The summed E-state index contributed by atoms with van der Waals surface area (Å²) in [5, 5.41) is 5.22. The smallest absolute Gasteiger partial charge is 0.182 e. The topological polar surface area (TPSA) is 43.6 Å². The van der Waals surface area contributed by atoms with Crippen LogP contribution in [0.4, 0.5) is 0 Å². The highest BCUT2D eigenvalue weighted by Crippen LogP contribution is 2.23. The minimum absolute atomic E-state index is 0.652. The van der Waals surface area contributed by atoms with Crippen LogP contribution in [-0.4, -0.2) is 19.7 Å². The predicted octanol–water partition coefficient (Wildman–Crippen LogP) is 3.93. The van der Waals surface area contributed by atoms with Crippen LogP contribution < -0.4 is 0 Å². The molecule has 0 N–H and O–H groups in total. The number of nitrogens with zero attached hydrogens (tertiary/aromatic N) is 4. The highest BCUT2D eigenvalue weighted by atomic mass is 35.5. The summed E-state index contributed by atoms with van der Waals surface area (Å²) >= 11 is 6.04. The SMILES string of the molecule is Cc1nn(-c2ccccc2)c2nc3cc(Cl)ccc3nc12. The third-order valence-corrected chi connectivity index (χ3v) is 3.64. The molecule has 0 spiro atoms. The lowest BCUT2D eigenvalue weighted by Crippen LogP contribution is -1.98. The van der Waals surface area contributed by atoms with Crippen LogP contribution in [-0.2, 0) is 0 Å². The third-order valence-electron chi connectivity index (χ3n) is 3.40. The van der Waals surface area contributed by atoms with Crippen LogP contribution in [0.2, 0.25) is 5.02 Å². The summed E-state index contributed by atoms with van der Waals surface area (Å²) in [6, 6.07) is 15.4. The Bertz CT molecular complexity index is 960. The van der Waals surface area contributed by atoms with Gasteiger partial charge in [-0.15, -0.1) is 0 Å². The second-order valence-corrected chi connectivity index (χ2v) is 5.30. The first-order valence-corrected chi connectivity index (χ1v) is 6.98. The Kier molecular flexibility index (Phi) is 2.65. The molecule has 0 atom stereocenters. The van der Waals surface area contributed by atoms with Crippen molar-refractivity contribution in [2.24, 2.45) is 0 Å². The van der Waals surface area contributed by atoms with Gasteiger partial charge in [-0.3, -0.25) is 0 Å². The largest absolute Gasteiger partial charge is 0.241 e. The van der Waals surface area contributed by atoms with Crippen molar-refractivity contribution in [3.05, 3.63) is 59.2 Å². The van der Waals surface area contributed by atoms with Gasteiger partial charge in [0.2, 0.25) is 0 Å². The van der Waals surface area contributed by atoms with Gasteiger partial charge in [-0.25, -0.2) is 14.6 Å². The molecular formula is C16H11ClN4. The normalized spacial score (nSPS) is 11.3. The summed E-state index contributed by atoms with van der Waals surface area (Å²) in [5.41, 5.74) is 4.97. The zero-order valence-electron chi connectivity index (χ0n) is 11.3. The van der Waals surface area contributed by atoms with Crippen LogP contribution in [0.25, 0.3) is 27.9 Å². The zero-order valence-corrected chi connectivity index (χ0v) is 12.0. The number of hydrogen-bond acceptors (Lipinski definition) is 3. The van der Waals surface area contributed by atoms with Crippen molar-refractivity contribution in [1.82, 2.24) is 19.7 Å². The van der Waals surface area contributed by atoms with Crippen LogP contribution in [0.5, 0.6) is 0 Å². The fourth-order valence-corrected chi connectivity index (χ4v) is 2.57. The average Bonchev–Trinajstić information content (AvgIpc) is 2.82. The number of para-hydroxylation sites is 1. The van der Waals surface area contributed by atoms with Crippen molar-refractivity contribution >= 4 is 33.8 Å². The molecule has 0 saturated heterocycles. The summed E-state index contributed by atoms with van der Waals surface area (Å²) < 4.78 is 1.82. The van der Waals surface area contributed by atoms with Crippen LogP contribution >= 0.6 is 11.6 Å². The Hall–Kier alpha value is -2.46. The molecule has 2 heterocycles. The second-order valence-electron chi connectivity index (χ2n) is 4.86. The molecule has 4 nitrogen and oxygen atoms in total. The van der Waals surface area contributed by atoms with E-state index in [0.29, 0.717) is 5.02 Å². The van der Waals surface area contributed by atoms with E-state index >= 15 is 0 Å². The highest BCUT2D eigenvalue weighted by Gasteiger charge is 2.13. The van der Waals surface area contributed by atoms with Crippen molar-refractivity contribution in [3.8, 4) is 5.69 Å². The van der Waals surface area contributed by atoms with E-state index in [0.717, 1.165) is 33.6 Å². The van der Waals surface area contributed by atoms with Crippen LogP contribution in [0.3, 0.4) is 0 Å². The maximum Gasteiger partial charge on any atom is 0.182 e. The van der Waals surface area contributed by atoms with Gasteiger partial charge in [0.15, 0.2) is 5.65 Å². The number of rotatable bonds is 1. The summed E-state index contributed by atoms with van der Waals surface area (Å²) in [5.74, 6) is 0. The van der Waals surface area contributed by atoms with E-state index in [1.165, 1.54) is 0 Å². The first kappa shape index (κ1) is 12.3. The number of halogens is 1. The second kappa shape index (κ2) is 4.53. The minimum atomic E-state index is 0.652. The minimum Gasteiger partial charge on any atom is -0.241 e. The lowest BCUT2D eigenvalue weighted by molar-refractivity contribution is 0.879. The van der Waals surface area contributed by atoms with E-state index in [4.69, 9.17) is 11.6 Å². The molecule has 0 saturated carbocycles. The molecule has 2 aromatic heterocycles. The Labute approximate surface area is 126 Å². The third kappa shape index (κ3) is 1.96. The predicted molar refractivity (Wildman–Crippen MR) is 83.9 cm³/mol. The summed E-state index contributed by atoms with van der Waals surface area (Å²) in [4.78, 5) is 9.35. The van der Waals surface area contributed by atoms with Crippen molar-refractivity contribution in [2.75, 3.05) is 0 Å². The first-order chi connectivity index (χ1) is 10.2. The first-order valence-electron chi connectivity index (χ1n) is 6.60. The van der Waals surface area contributed by atoms with Gasteiger partial charge in [-0.2, -0.15) is 5.10 Å². The molecule has 4 aromatic rings. The van der Waals surface area contributed by atoms with E-state index in [-0.39, 0.29) is 0 Å². The summed E-state index contributed by atoms with van der Waals surface area (Å²) in [7, 11) is 0. The van der Waals surface area contributed by atoms with Gasteiger partial charge >= 0.3 is 0 Å². The van der Waals surface area contributed by atoms with Crippen molar-refractivity contribution in [1.29, 1.82) is 0 Å². The molecule has 21 heavy (non-hydrogen) atoms. The van der Waals surface area contributed by atoms with E-state index in [9.17, 15) is 0 Å². The molecule has 0 fully saturated rings. The van der Waals surface area contributed by atoms with Gasteiger partial charge < -0.3 is 0 Å². The van der Waals surface area contributed by atoms with E-state index in [1.807, 2.05) is 60.1 Å². The molecule has 102 valence electrons. The molecular weight excluding hydrogens is 284 g/mol. The van der Waals surface area contributed by atoms with Crippen LogP contribution in [0.15, 0.2) is 48.5 Å². The molecule has 0 aliphatic heterocycles. The molecule has 0 aliphatic rings. The van der Waals surface area contributed by atoms with Crippen LogP contribution in [0.1, 0.15) is 5.69 Å². The molecule has 0 unspecified atom stereocenters. The Balaban J connectivity index is 2.09. The fraction of sp³-hybridized carbons (Fsp3) is 0.0625. The van der Waals surface area contributed by atoms with Crippen molar-refractivity contribution in [2.45, 2.75) is 6.92 Å². The lowest BCUT2D eigenvalue weighted by atomic mass is 10.3. The number of fused-ring (bicyclic) bond motifs is 2. The molecule has 5 heteroatoms. The van der Waals surface area contributed by atoms with Gasteiger partial charge in [-0.1, -0.05) is 29.8 Å². The molecule has 2 aromatic carbocycles. The Morgan fingerprint density at radius 3 is 2.57 bits per heavy atom. The number of aryl methyl sites for hydroxylation is 1. The summed E-state index contributed by atoms with van der Waals surface area (Å²) in [6.07, 6.45) is 0. The van der Waals surface area contributed by atoms with Gasteiger partial charge in [-0.05, 0) is 37.3 Å². The van der Waals surface area contributed by atoms with E-state index in [1.54, 1.807) is 0 Å². The van der Waals surface area contributed by atoms with Gasteiger partial charge in [0.25, 0.3) is 0 Å². The zero-order chi connectivity index (χ0) is 14.4. The molecule has 0 amide bonds. The maximum atomic E-state index is 6.04. The monoisotopic (exact) mass is 294 g/mol. The Morgan fingerprint density at radius 2 is 1.76 bits per heavy atom. The van der Waals surface area contributed by atoms with Crippen molar-refractivity contribution < 1.29 is 0 Å². The average molecular weight is 295 g/mol. The molecule has 0 bridgehead atoms. The van der Waals surface area contributed by atoms with Gasteiger partial charge in [0.05, 0.1) is 22.4 Å². The quantitative estimate of drug-likeness (QED) is 0.534. The number of hydrogen-bond donors (Lipinski definition) is 0. The summed E-state index contributed by atoms with van der Waals surface area (Å²) in [6.45, 7) is 1.94. The lowest BCUT2D eigenvalue weighted by Gasteiger charge is -2.03. The standard InChI is InChI=1S/C16H11ClN4/c1-10-15-16(21(20-10)12-5-3-2-4-6-12)19-14-9-11(17)7-8-13(14)18-15/h2-9H,1H3. The fourth-order valence-electron chi connectivity index (χ4n) is 2.40. The molecule has 4 rings (SSSR count). The van der Waals surface area contributed by atoms with Gasteiger partial charge in [0.1, 0.15) is 5.52 Å². The highest BCUT2D eigenvalue weighted by molar-refractivity contribution is 6.31. The van der Waals surface area contributed by atoms with E-state index in [2.05, 4.69) is 15.1 Å². The van der Waals surface area contributed by atoms with Gasteiger partial charge in [0, 0.05) is 5.02 Å². The van der Waals surface area contributed by atoms with Crippen LogP contribution in [0, 0.1) is 6.92 Å². The Morgan fingerprint density at radius 1 is 0.952 bits per heavy atom. The number of benzene rings is 2.